The number of guanidine groups is 1. The van der Waals surface area contributed by atoms with Gasteiger partial charge in [0.1, 0.15) is 0 Å². The second kappa shape index (κ2) is 8.86. The van der Waals surface area contributed by atoms with Gasteiger partial charge in [0, 0.05) is 38.4 Å². The Kier molecular flexibility index (Phi) is 6.56. The topological polar surface area (TPSA) is 83.3 Å². The second-order valence-electron chi connectivity index (χ2n) is 6.07. The first-order valence-corrected chi connectivity index (χ1v) is 8.30. The summed E-state index contributed by atoms with van der Waals surface area (Å²) in [5.41, 5.74) is 2.99. The summed E-state index contributed by atoms with van der Waals surface area (Å²) in [7, 11) is 3.65. The van der Waals surface area contributed by atoms with E-state index in [-0.39, 0.29) is 11.8 Å². The molecule has 0 saturated carbocycles. The zero-order valence-corrected chi connectivity index (χ0v) is 15.2. The van der Waals surface area contributed by atoms with Crippen LogP contribution in [-0.2, 0) is 24.9 Å². The Morgan fingerprint density at radius 3 is 2.40 bits per heavy atom. The summed E-state index contributed by atoms with van der Waals surface area (Å²) in [6.45, 7) is 5.04. The SMILES string of the molecule is CN=C(NCc1ccc(NC(=O)C(C)C)cc1)NCc1ccnn1C. The Morgan fingerprint density at radius 2 is 1.84 bits per heavy atom. The molecule has 3 N–H and O–H groups in total. The van der Waals surface area contributed by atoms with Gasteiger partial charge >= 0.3 is 0 Å². The number of aliphatic imine (C=N–C) groups is 1. The van der Waals surface area contributed by atoms with E-state index >= 15 is 0 Å². The lowest BCUT2D eigenvalue weighted by Gasteiger charge is -2.13. The molecule has 2 rings (SSSR count). The summed E-state index contributed by atoms with van der Waals surface area (Å²) in [6, 6.07) is 9.74. The fourth-order valence-corrected chi connectivity index (χ4v) is 2.15. The molecule has 0 bridgehead atoms. The minimum absolute atomic E-state index is 0.0191. The maximum Gasteiger partial charge on any atom is 0.226 e. The third kappa shape index (κ3) is 5.63. The zero-order chi connectivity index (χ0) is 18.2. The third-order valence-electron chi connectivity index (χ3n) is 3.79. The van der Waals surface area contributed by atoms with Crippen molar-refractivity contribution < 1.29 is 4.79 Å². The van der Waals surface area contributed by atoms with Gasteiger partial charge in [0.05, 0.1) is 12.2 Å². The van der Waals surface area contributed by atoms with Gasteiger partial charge in [-0.3, -0.25) is 14.5 Å². The molecule has 134 valence electrons. The van der Waals surface area contributed by atoms with Gasteiger partial charge in [-0.15, -0.1) is 0 Å². The molecule has 7 heteroatoms. The summed E-state index contributed by atoms with van der Waals surface area (Å²) in [6.07, 6.45) is 1.77. The Morgan fingerprint density at radius 1 is 1.16 bits per heavy atom. The second-order valence-corrected chi connectivity index (χ2v) is 6.07. The van der Waals surface area contributed by atoms with Crippen molar-refractivity contribution in [2.75, 3.05) is 12.4 Å². The first kappa shape index (κ1) is 18.5. The highest BCUT2D eigenvalue weighted by molar-refractivity contribution is 5.92. The standard InChI is InChI=1S/C18H26N6O/c1-13(2)17(25)23-15-7-5-14(6-8-15)11-20-18(19-3)21-12-16-9-10-22-24(16)4/h5-10,13H,11-12H2,1-4H3,(H,23,25)(H2,19,20,21). The number of benzene rings is 1. The minimum Gasteiger partial charge on any atom is -0.352 e. The van der Waals surface area contributed by atoms with E-state index in [0.717, 1.165) is 22.9 Å². The molecule has 0 spiro atoms. The van der Waals surface area contributed by atoms with E-state index in [9.17, 15) is 4.79 Å². The highest BCUT2D eigenvalue weighted by atomic mass is 16.1. The van der Waals surface area contributed by atoms with Gasteiger partial charge in [-0.1, -0.05) is 26.0 Å². The number of amides is 1. The van der Waals surface area contributed by atoms with Crippen LogP contribution in [0.5, 0.6) is 0 Å². The van der Waals surface area contributed by atoms with Gasteiger partial charge in [-0.05, 0) is 23.8 Å². The predicted molar refractivity (Wildman–Crippen MR) is 100 cm³/mol. The van der Waals surface area contributed by atoms with Gasteiger partial charge in [-0.2, -0.15) is 5.10 Å². The number of anilines is 1. The Bertz CT molecular complexity index is 717. The molecule has 1 heterocycles. The fraction of sp³-hybridized carbons (Fsp3) is 0.389. The van der Waals surface area contributed by atoms with Crippen molar-refractivity contribution in [1.29, 1.82) is 0 Å². The maximum absolute atomic E-state index is 11.7. The average molecular weight is 342 g/mol. The number of carbonyl (C=O) groups is 1. The van der Waals surface area contributed by atoms with Crippen LogP contribution in [0, 0.1) is 5.92 Å². The molecular weight excluding hydrogens is 316 g/mol. The van der Waals surface area contributed by atoms with Crippen LogP contribution < -0.4 is 16.0 Å². The van der Waals surface area contributed by atoms with Crippen LogP contribution in [0.25, 0.3) is 0 Å². The van der Waals surface area contributed by atoms with Crippen LogP contribution >= 0.6 is 0 Å². The predicted octanol–water partition coefficient (Wildman–Crippen LogP) is 1.88. The zero-order valence-electron chi connectivity index (χ0n) is 15.2. The van der Waals surface area contributed by atoms with Crippen molar-refractivity contribution in [3.63, 3.8) is 0 Å². The van der Waals surface area contributed by atoms with Gasteiger partial charge < -0.3 is 16.0 Å². The molecule has 1 aromatic heterocycles. The van der Waals surface area contributed by atoms with Crippen molar-refractivity contribution >= 4 is 17.6 Å². The number of hydrogen-bond donors (Lipinski definition) is 3. The maximum atomic E-state index is 11.7. The Hall–Kier alpha value is -2.83. The van der Waals surface area contributed by atoms with E-state index in [4.69, 9.17) is 0 Å². The molecule has 2 aromatic rings. The Labute approximate surface area is 148 Å². The van der Waals surface area contributed by atoms with Crippen LogP contribution in [0.4, 0.5) is 5.69 Å². The van der Waals surface area contributed by atoms with Crippen LogP contribution in [0.1, 0.15) is 25.1 Å². The monoisotopic (exact) mass is 342 g/mol. The van der Waals surface area contributed by atoms with E-state index in [1.807, 2.05) is 55.9 Å². The molecule has 0 aliphatic heterocycles. The summed E-state index contributed by atoms with van der Waals surface area (Å²) in [5, 5.41) is 13.5. The molecule has 7 nitrogen and oxygen atoms in total. The molecule has 25 heavy (non-hydrogen) atoms. The third-order valence-corrected chi connectivity index (χ3v) is 3.79. The number of rotatable bonds is 6. The fourth-order valence-electron chi connectivity index (χ4n) is 2.15. The largest absolute Gasteiger partial charge is 0.352 e. The smallest absolute Gasteiger partial charge is 0.226 e. The van der Waals surface area contributed by atoms with Crippen LogP contribution in [0.15, 0.2) is 41.5 Å². The molecule has 0 atom stereocenters. The van der Waals surface area contributed by atoms with Gasteiger partial charge in [0.25, 0.3) is 0 Å². The van der Waals surface area contributed by atoms with E-state index in [1.165, 1.54) is 0 Å². The number of hydrogen-bond acceptors (Lipinski definition) is 3. The minimum atomic E-state index is -0.0323. The molecule has 0 aliphatic carbocycles. The molecule has 0 saturated heterocycles. The lowest BCUT2D eigenvalue weighted by Crippen LogP contribution is -2.36. The number of carbonyl (C=O) groups excluding carboxylic acids is 1. The number of nitrogens with zero attached hydrogens (tertiary/aromatic N) is 3. The van der Waals surface area contributed by atoms with E-state index in [0.29, 0.717) is 13.1 Å². The van der Waals surface area contributed by atoms with Crippen molar-refractivity contribution in [2.24, 2.45) is 18.0 Å². The van der Waals surface area contributed by atoms with Crippen molar-refractivity contribution in [3.05, 3.63) is 47.8 Å². The molecular formula is C18H26N6O. The molecule has 1 amide bonds. The molecule has 0 aliphatic rings. The molecule has 1 aromatic carbocycles. The molecule has 0 radical (unpaired) electrons. The van der Waals surface area contributed by atoms with Gasteiger partial charge in [0.15, 0.2) is 5.96 Å². The van der Waals surface area contributed by atoms with Crippen molar-refractivity contribution in [3.8, 4) is 0 Å². The Balaban J connectivity index is 1.83. The van der Waals surface area contributed by atoms with Crippen LogP contribution in [0.3, 0.4) is 0 Å². The van der Waals surface area contributed by atoms with E-state index in [1.54, 1.807) is 13.2 Å². The number of aryl methyl sites for hydroxylation is 1. The summed E-state index contributed by atoms with van der Waals surface area (Å²) in [5.74, 6) is 0.708. The molecule has 0 fully saturated rings. The number of aromatic nitrogens is 2. The first-order valence-electron chi connectivity index (χ1n) is 8.30. The van der Waals surface area contributed by atoms with Gasteiger partial charge in [0.2, 0.25) is 5.91 Å². The van der Waals surface area contributed by atoms with E-state index in [2.05, 4.69) is 26.0 Å². The highest BCUT2D eigenvalue weighted by Gasteiger charge is 2.07. The summed E-state index contributed by atoms with van der Waals surface area (Å²) >= 11 is 0. The quantitative estimate of drug-likeness (QED) is 0.553. The molecule has 0 unspecified atom stereocenters. The first-order chi connectivity index (χ1) is 12.0. The van der Waals surface area contributed by atoms with Crippen LogP contribution in [-0.4, -0.2) is 28.7 Å². The van der Waals surface area contributed by atoms with Crippen LogP contribution in [0.2, 0.25) is 0 Å². The number of nitrogens with one attached hydrogen (secondary N) is 3. The summed E-state index contributed by atoms with van der Waals surface area (Å²) in [4.78, 5) is 15.9. The lowest BCUT2D eigenvalue weighted by atomic mass is 10.1. The summed E-state index contributed by atoms with van der Waals surface area (Å²) < 4.78 is 1.82. The van der Waals surface area contributed by atoms with Crippen molar-refractivity contribution in [2.45, 2.75) is 26.9 Å². The normalized spacial score (nSPS) is 11.5. The van der Waals surface area contributed by atoms with E-state index < -0.39 is 0 Å². The van der Waals surface area contributed by atoms with Crippen molar-refractivity contribution in [1.82, 2.24) is 20.4 Å². The average Bonchev–Trinajstić information content (AvgIpc) is 3.01. The lowest BCUT2D eigenvalue weighted by molar-refractivity contribution is -0.118. The van der Waals surface area contributed by atoms with Gasteiger partial charge in [-0.25, -0.2) is 0 Å². The highest BCUT2D eigenvalue weighted by Crippen LogP contribution is 2.11.